The molecule has 4 heteroatoms. The van der Waals surface area contributed by atoms with Crippen molar-refractivity contribution < 1.29 is 9.90 Å². The van der Waals surface area contributed by atoms with E-state index in [1.54, 1.807) is 6.92 Å². The van der Waals surface area contributed by atoms with Gasteiger partial charge in [-0.15, -0.1) is 0 Å². The largest absolute Gasteiger partial charge is 0.370 e. The lowest BCUT2D eigenvalue weighted by Crippen LogP contribution is -2.58. The summed E-state index contributed by atoms with van der Waals surface area (Å²) in [4.78, 5) is 14.8. The fourth-order valence-corrected chi connectivity index (χ4v) is 7.01. The van der Waals surface area contributed by atoms with E-state index in [4.69, 9.17) is 0 Å². The monoisotopic (exact) mass is 432 g/mol. The number of carbonyl (C=O) groups is 1. The van der Waals surface area contributed by atoms with Crippen molar-refractivity contribution in [2.45, 2.75) is 56.6 Å². The van der Waals surface area contributed by atoms with Crippen LogP contribution >= 0.6 is 0 Å². The number of rotatable bonds is 7. The van der Waals surface area contributed by atoms with Crippen LogP contribution in [-0.2, 0) is 16.6 Å². The summed E-state index contributed by atoms with van der Waals surface area (Å²) in [6, 6.07) is 21.4. The molecule has 0 radical (unpaired) electrons. The third-order valence-corrected chi connectivity index (χ3v) is 8.40. The summed E-state index contributed by atoms with van der Waals surface area (Å²) >= 11 is 0. The second kappa shape index (κ2) is 8.64. The first-order chi connectivity index (χ1) is 15.5. The molecule has 2 N–H and O–H groups in total. The molecule has 1 amide bonds. The van der Waals surface area contributed by atoms with Gasteiger partial charge in [0.2, 0.25) is 5.91 Å². The summed E-state index contributed by atoms with van der Waals surface area (Å²) in [6.07, 6.45) is 6.57. The van der Waals surface area contributed by atoms with E-state index >= 15 is 0 Å². The lowest BCUT2D eigenvalue weighted by Gasteiger charge is -2.42. The van der Waals surface area contributed by atoms with Crippen LogP contribution in [0.1, 0.15) is 50.2 Å². The van der Waals surface area contributed by atoms with Crippen LogP contribution < -0.4 is 5.32 Å². The fraction of sp³-hybridized carbons (Fsp3) is 0.536. The van der Waals surface area contributed by atoms with E-state index in [2.05, 4.69) is 70.9 Å². The molecule has 0 aromatic heterocycles. The predicted octanol–water partition coefficient (Wildman–Crippen LogP) is 4.13. The van der Waals surface area contributed by atoms with E-state index in [1.165, 1.54) is 17.5 Å². The summed E-state index contributed by atoms with van der Waals surface area (Å²) in [5.74, 6) is 0.484. The molecule has 2 aliphatic carbocycles. The van der Waals surface area contributed by atoms with Crippen LogP contribution in [0.2, 0.25) is 0 Å². The Morgan fingerprint density at radius 2 is 1.72 bits per heavy atom. The molecule has 0 bridgehead atoms. The van der Waals surface area contributed by atoms with Crippen molar-refractivity contribution >= 4 is 5.91 Å². The molecule has 2 aromatic carbocycles. The van der Waals surface area contributed by atoms with Gasteiger partial charge in [0.1, 0.15) is 5.72 Å². The quantitative estimate of drug-likeness (QED) is 0.647. The summed E-state index contributed by atoms with van der Waals surface area (Å²) in [7, 11) is 0. The van der Waals surface area contributed by atoms with Gasteiger partial charge < -0.3 is 15.3 Å². The van der Waals surface area contributed by atoms with Crippen molar-refractivity contribution in [2.75, 3.05) is 19.6 Å². The molecule has 1 aliphatic heterocycles. The van der Waals surface area contributed by atoms with Crippen molar-refractivity contribution in [1.29, 1.82) is 0 Å². The number of benzene rings is 2. The average Bonchev–Trinajstić information content (AvgIpc) is 3.31. The zero-order valence-electron chi connectivity index (χ0n) is 19.2. The van der Waals surface area contributed by atoms with Gasteiger partial charge in [0.15, 0.2) is 0 Å². The number of hydrogen-bond donors (Lipinski definition) is 2. The Hall–Kier alpha value is -2.17. The first-order valence-corrected chi connectivity index (χ1v) is 12.4. The highest BCUT2D eigenvalue weighted by Gasteiger charge is 2.76. The minimum Gasteiger partial charge on any atom is -0.370 e. The maximum Gasteiger partial charge on any atom is 0.219 e. The lowest BCUT2D eigenvalue weighted by molar-refractivity contribution is -0.138. The van der Waals surface area contributed by atoms with Crippen LogP contribution in [0.15, 0.2) is 60.7 Å². The van der Waals surface area contributed by atoms with Gasteiger partial charge in [0, 0.05) is 43.8 Å². The fourth-order valence-electron chi connectivity index (χ4n) is 7.01. The first kappa shape index (κ1) is 21.7. The molecule has 5 rings (SSSR count). The molecule has 2 aromatic rings. The highest BCUT2D eigenvalue weighted by Crippen LogP contribution is 2.69. The number of aliphatic hydroxyl groups is 1. The van der Waals surface area contributed by atoms with E-state index < -0.39 is 5.72 Å². The van der Waals surface area contributed by atoms with E-state index in [9.17, 15) is 9.90 Å². The van der Waals surface area contributed by atoms with Gasteiger partial charge in [0.05, 0.1) is 0 Å². The number of likely N-dealkylation sites (tertiary alicyclic amines) is 1. The van der Waals surface area contributed by atoms with Crippen molar-refractivity contribution in [3.8, 4) is 0 Å². The zero-order valence-corrected chi connectivity index (χ0v) is 19.2. The molecule has 1 saturated heterocycles. The summed E-state index contributed by atoms with van der Waals surface area (Å²) in [5, 5.41) is 15.2. The topological polar surface area (TPSA) is 52.6 Å². The molecule has 4 atom stereocenters. The molecule has 32 heavy (non-hydrogen) atoms. The van der Waals surface area contributed by atoms with Gasteiger partial charge in [-0.3, -0.25) is 4.79 Å². The van der Waals surface area contributed by atoms with Crippen LogP contribution in [0.25, 0.3) is 0 Å². The molecule has 4 unspecified atom stereocenters. The number of amides is 1. The number of hydrogen-bond acceptors (Lipinski definition) is 3. The maximum absolute atomic E-state index is 12.2. The minimum absolute atomic E-state index is 0.0768. The van der Waals surface area contributed by atoms with Crippen LogP contribution in [0, 0.1) is 17.8 Å². The Morgan fingerprint density at radius 1 is 1.06 bits per heavy atom. The Kier molecular flexibility index (Phi) is 5.85. The number of piperidine rings is 1. The predicted molar refractivity (Wildman–Crippen MR) is 127 cm³/mol. The molecule has 2 saturated carbocycles. The van der Waals surface area contributed by atoms with Gasteiger partial charge in [-0.25, -0.2) is 0 Å². The van der Waals surface area contributed by atoms with Crippen LogP contribution in [0.4, 0.5) is 0 Å². The Balaban J connectivity index is 1.41. The van der Waals surface area contributed by atoms with E-state index in [0.717, 1.165) is 51.7 Å². The lowest BCUT2D eigenvalue weighted by atomic mass is 9.76. The normalized spacial score (nSPS) is 29.8. The van der Waals surface area contributed by atoms with Crippen molar-refractivity contribution in [1.82, 2.24) is 10.2 Å². The van der Waals surface area contributed by atoms with Crippen molar-refractivity contribution in [3.63, 3.8) is 0 Å². The van der Waals surface area contributed by atoms with Crippen LogP contribution in [-0.4, -0.2) is 41.3 Å². The molecular formula is C28H36N2O2. The SMILES string of the molecule is CC(=O)NC(O)(C1CCCCC1)C1C2CN(CCc3ccccc3)CC21c1ccccc1. The van der Waals surface area contributed by atoms with Crippen LogP contribution in [0.5, 0.6) is 0 Å². The van der Waals surface area contributed by atoms with Gasteiger partial charge in [0.25, 0.3) is 0 Å². The highest BCUT2D eigenvalue weighted by atomic mass is 16.3. The molecule has 1 heterocycles. The molecule has 0 spiro atoms. The smallest absolute Gasteiger partial charge is 0.219 e. The third kappa shape index (κ3) is 3.78. The minimum atomic E-state index is -1.11. The second-order valence-electron chi connectivity index (χ2n) is 10.3. The van der Waals surface area contributed by atoms with Gasteiger partial charge in [-0.2, -0.15) is 0 Å². The summed E-state index contributed by atoms with van der Waals surface area (Å²) in [6.45, 7) is 4.52. The zero-order chi connectivity index (χ0) is 22.2. The van der Waals surface area contributed by atoms with E-state index in [0.29, 0.717) is 5.92 Å². The van der Waals surface area contributed by atoms with Crippen molar-refractivity contribution in [3.05, 3.63) is 71.8 Å². The first-order valence-electron chi connectivity index (χ1n) is 12.4. The average molecular weight is 433 g/mol. The Morgan fingerprint density at radius 3 is 2.38 bits per heavy atom. The van der Waals surface area contributed by atoms with E-state index in [-0.39, 0.29) is 23.2 Å². The van der Waals surface area contributed by atoms with Crippen molar-refractivity contribution in [2.24, 2.45) is 17.8 Å². The molecular weight excluding hydrogens is 396 g/mol. The summed E-state index contributed by atoms with van der Waals surface area (Å²) < 4.78 is 0. The highest BCUT2D eigenvalue weighted by molar-refractivity contribution is 5.74. The maximum atomic E-state index is 12.2. The third-order valence-electron chi connectivity index (χ3n) is 8.40. The summed E-state index contributed by atoms with van der Waals surface area (Å²) in [5.41, 5.74) is 1.50. The number of nitrogens with one attached hydrogen (secondary N) is 1. The number of carbonyl (C=O) groups excluding carboxylic acids is 1. The molecule has 4 nitrogen and oxygen atoms in total. The Labute approximate surface area is 192 Å². The molecule has 170 valence electrons. The van der Waals surface area contributed by atoms with E-state index in [1.807, 2.05) is 0 Å². The number of fused-ring (bicyclic) bond motifs is 1. The second-order valence-corrected chi connectivity index (χ2v) is 10.3. The standard InChI is InChI=1S/C28H36N2O2/c1-21(31)29-28(32,24-15-9-4-10-16-24)26-25-19-30(18-17-22-11-5-2-6-12-22)20-27(25,26)23-13-7-3-8-14-23/h2-3,5-8,11-14,24-26,32H,4,9-10,15-20H2,1H3,(H,29,31). The Bertz CT molecular complexity index is 927. The van der Waals surface area contributed by atoms with Crippen LogP contribution in [0.3, 0.4) is 0 Å². The van der Waals surface area contributed by atoms with Gasteiger partial charge >= 0.3 is 0 Å². The molecule has 3 fully saturated rings. The van der Waals surface area contributed by atoms with Gasteiger partial charge in [-0.1, -0.05) is 79.9 Å². The number of nitrogens with zero attached hydrogens (tertiary/aromatic N) is 1. The van der Waals surface area contributed by atoms with Gasteiger partial charge in [-0.05, 0) is 36.3 Å². The molecule has 3 aliphatic rings.